The number of hydrogen-bond acceptors (Lipinski definition) is 4. The van der Waals surface area contributed by atoms with E-state index >= 15 is 0 Å². The average Bonchev–Trinajstić information content (AvgIpc) is 2.49. The molecule has 0 unspecified atom stereocenters. The van der Waals surface area contributed by atoms with Crippen molar-refractivity contribution in [3.05, 3.63) is 47.7 Å². The maximum absolute atomic E-state index is 12.3. The SMILES string of the molecule is Cc1ccnc(Oc2cc(NC(=O)[C@@H](N)C(C)(C)C)ccc2C)c1. The predicted molar refractivity (Wildman–Crippen MR) is 96.3 cm³/mol. The number of nitrogens with two attached hydrogens (primary N) is 1. The van der Waals surface area contributed by atoms with Crippen LogP contribution in [0.5, 0.6) is 11.6 Å². The summed E-state index contributed by atoms with van der Waals surface area (Å²) in [6, 6.07) is 8.68. The molecule has 0 spiro atoms. The summed E-state index contributed by atoms with van der Waals surface area (Å²) in [4.78, 5) is 16.5. The van der Waals surface area contributed by atoms with E-state index in [9.17, 15) is 4.79 Å². The molecule has 0 aliphatic rings. The number of amides is 1. The average molecular weight is 327 g/mol. The van der Waals surface area contributed by atoms with Crippen molar-refractivity contribution in [2.24, 2.45) is 11.1 Å². The molecular weight excluding hydrogens is 302 g/mol. The Balaban J connectivity index is 2.18. The largest absolute Gasteiger partial charge is 0.439 e. The van der Waals surface area contributed by atoms with Crippen molar-refractivity contribution in [1.29, 1.82) is 0 Å². The van der Waals surface area contributed by atoms with Gasteiger partial charge in [0.2, 0.25) is 11.8 Å². The number of nitrogens with zero attached hydrogens (tertiary/aromatic N) is 1. The van der Waals surface area contributed by atoms with Gasteiger partial charge in [0.05, 0.1) is 6.04 Å². The molecule has 1 atom stereocenters. The van der Waals surface area contributed by atoms with E-state index in [-0.39, 0.29) is 11.3 Å². The number of benzene rings is 1. The van der Waals surface area contributed by atoms with E-state index in [1.165, 1.54) is 0 Å². The van der Waals surface area contributed by atoms with Crippen molar-refractivity contribution in [2.45, 2.75) is 40.7 Å². The quantitative estimate of drug-likeness (QED) is 0.895. The highest BCUT2D eigenvalue weighted by molar-refractivity contribution is 5.95. The van der Waals surface area contributed by atoms with Gasteiger partial charge in [0.15, 0.2) is 0 Å². The summed E-state index contributed by atoms with van der Waals surface area (Å²) >= 11 is 0. The Bertz CT molecular complexity index is 736. The molecule has 24 heavy (non-hydrogen) atoms. The Labute approximate surface area is 143 Å². The van der Waals surface area contributed by atoms with Gasteiger partial charge < -0.3 is 15.8 Å². The van der Waals surface area contributed by atoms with Crippen molar-refractivity contribution in [2.75, 3.05) is 5.32 Å². The van der Waals surface area contributed by atoms with E-state index < -0.39 is 6.04 Å². The number of hydrogen-bond donors (Lipinski definition) is 2. The van der Waals surface area contributed by atoms with Gasteiger partial charge in [-0.05, 0) is 42.5 Å². The molecule has 1 aromatic heterocycles. The molecule has 0 saturated heterocycles. The molecule has 5 nitrogen and oxygen atoms in total. The first-order valence-corrected chi connectivity index (χ1v) is 7.94. The lowest BCUT2D eigenvalue weighted by Crippen LogP contribution is -2.45. The summed E-state index contributed by atoms with van der Waals surface area (Å²) in [6.07, 6.45) is 1.70. The zero-order valence-electron chi connectivity index (χ0n) is 14.9. The van der Waals surface area contributed by atoms with E-state index in [0.29, 0.717) is 17.3 Å². The smallest absolute Gasteiger partial charge is 0.241 e. The van der Waals surface area contributed by atoms with Crippen LogP contribution in [0.4, 0.5) is 5.69 Å². The van der Waals surface area contributed by atoms with Crippen molar-refractivity contribution >= 4 is 11.6 Å². The lowest BCUT2D eigenvalue weighted by atomic mass is 9.87. The van der Waals surface area contributed by atoms with Crippen LogP contribution in [0.3, 0.4) is 0 Å². The molecule has 1 aromatic carbocycles. The number of ether oxygens (including phenoxy) is 1. The zero-order valence-corrected chi connectivity index (χ0v) is 14.9. The Kier molecular flexibility index (Phi) is 5.24. The van der Waals surface area contributed by atoms with E-state index in [2.05, 4.69) is 10.3 Å². The van der Waals surface area contributed by atoms with Crippen LogP contribution in [0, 0.1) is 19.3 Å². The summed E-state index contributed by atoms with van der Waals surface area (Å²) in [7, 11) is 0. The summed E-state index contributed by atoms with van der Waals surface area (Å²) in [5.41, 5.74) is 8.36. The molecule has 1 heterocycles. The number of carbonyl (C=O) groups is 1. The molecular formula is C19H25N3O2. The van der Waals surface area contributed by atoms with Crippen LogP contribution in [0.15, 0.2) is 36.5 Å². The number of aromatic nitrogens is 1. The van der Waals surface area contributed by atoms with Gasteiger partial charge in [0, 0.05) is 24.0 Å². The number of nitrogens with one attached hydrogen (secondary N) is 1. The first-order valence-electron chi connectivity index (χ1n) is 7.94. The van der Waals surface area contributed by atoms with Crippen LogP contribution in [-0.2, 0) is 4.79 Å². The second kappa shape index (κ2) is 7.01. The lowest BCUT2D eigenvalue weighted by Gasteiger charge is -2.25. The third-order valence-corrected chi connectivity index (χ3v) is 3.78. The fourth-order valence-electron chi connectivity index (χ4n) is 2.08. The maximum Gasteiger partial charge on any atom is 0.241 e. The standard InChI is InChI=1S/C19H25N3O2/c1-12-8-9-21-16(10-12)24-15-11-14(7-6-13(15)2)22-18(23)17(20)19(3,4)5/h6-11,17H,20H2,1-5H3,(H,22,23)/t17-/m1/s1. The number of anilines is 1. The van der Waals surface area contributed by atoms with Gasteiger partial charge in [-0.3, -0.25) is 4.79 Å². The summed E-state index contributed by atoms with van der Waals surface area (Å²) in [5.74, 6) is 0.953. The van der Waals surface area contributed by atoms with Crippen molar-refractivity contribution in [3.63, 3.8) is 0 Å². The molecule has 0 saturated carbocycles. The molecule has 0 aliphatic carbocycles. The van der Waals surface area contributed by atoms with Crippen LogP contribution in [0.1, 0.15) is 31.9 Å². The Morgan fingerprint density at radius 2 is 1.92 bits per heavy atom. The Morgan fingerprint density at radius 3 is 2.54 bits per heavy atom. The van der Waals surface area contributed by atoms with Gasteiger partial charge in [0.25, 0.3) is 0 Å². The van der Waals surface area contributed by atoms with Crippen molar-refractivity contribution in [3.8, 4) is 11.6 Å². The molecule has 0 aliphatic heterocycles. The highest BCUT2D eigenvalue weighted by atomic mass is 16.5. The summed E-state index contributed by atoms with van der Waals surface area (Å²) < 4.78 is 5.85. The van der Waals surface area contributed by atoms with E-state index in [1.807, 2.05) is 58.9 Å². The monoisotopic (exact) mass is 327 g/mol. The van der Waals surface area contributed by atoms with E-state index in [1.54, 1.807) is 12.3 Å². The minimum absolute atomic E-state index is 0.217. The maximum atomic E-state index is 12.3. The van der Waals surface area contributed by atoms with Crippen LogP contribution in [0.2, 0.25) is 0 Å². The summed E-state index contributed by atoms with van der Waals surface area (Å²) in [5, 5.41) is 2.85. The highest BCUT2D eigenvalue weighted by Crippen LogP contribution is 2.28. The topological polar surface area (TPSA) is 77.2 Å². The summed E-state index contributed by atoms with van der Waals surface area (Å²) in [6.45, 7) is 9.72. The third kappa shape index (κ3) is 4.55. The van der Waals surface area contributed by atoms with Gasteiger partial charge in [0.1, 0.15) is 5.75 Å². The minimum Gasteiger partial charge on any atom is -0.439 e. The molecule has 3 N–H and O–H groups in total. The molecule has 2 aromatic rings. The Hall–Kier alpha value is -2.40. The zero-order chi connectivity index (χ0) is 17.9. The highest BCUT2D eigenvalue weighted by Gasteiger charge is 2.27. The van der Waals surface area contributed by atoms with Gasteiger partial charge in [-0.15, -0.1) is 0 Å². The van der Waals surface area contributed by atoms with Gasteiger partial charge in [-0.25, -0.2) is 4.98 Å². The number of rotatable bonds is 4. The van der Waals surface area contributed by atoms with Crippen molar-refractivity contribution in [1.82, 2.24) is 4.98 Å². The van der Waals surface area contributed by atoms with E-state index in [0.717, 1.165) is 11.1 Å². The lowest BCUT2D eigenvalue weighted by molar-refractivity contribution is -0.119. The normalized spacial score (nSPS) is 12.6. The van der Waals surface area contributed by atoms with Crippen molar-refractivity contribution < 1.29 is 9.53 Å². The van der Waals surface area contributed by atoms with Crippen LogP contribution < -0.4 is 15.8 Å². The second-order valence-corrected chi connectivity index (χ2v) is 7.09. The second-order valence-electron chi connectivity index (χ2n) is 7.09. The van der Waals surface area contributed by atoms with Crippen LogP contribution in [0.25, 0.3) is 0 Å². The number of carbonyl (C=O) groups excluding carboxylic acids is 1. The molecule has 2 rings (SSSR count). The molecule has 0 radical (unpaired) electrons. The van der Waals surface area contributed by atoms with Gasteiger partial charge in [-0.2, -0.15) is 0 Å². The van der Waals surface area contributed by atoms with Crippen LogP contribution in [-0.4, -0.2) is 16.9 Å². The molecule has 0 fully saturated rings. The van der Waals surface area contributed by atoms with E-state index in [4.69, 9.17) is 10.5 Å². The number of aryl methyl sites for hydroxylation is 2. The van der Waals surface area contributed by atoms with Gasteiger partial charge >= 0.3 is 0 Å². The number of pyridine rings is 1. The predicted octanol–water partition coefficient (Wildman–Crippen LogP) is 3.80. The Morgan fingerprint density at radius 1 is 1.21 bits per heavy atom. The molecule has 1 amide bonds. The molecule has 128 valence electrons. The minimum atomic E-state index is -0.596. The fraction of sp³-hybridized carbons (Fsp3) is 0.368. The first kappa shape index (κ1) is 17.9. The molecule has 0 bridgehead atoms. The van der Waals surface area contributed by atoms with Gasteiger partial charge in [-0.1, -0.05) is 26.8 Å². The first-order chi connectivity index (χ1) is 11.2. The molecule has 5 heteroatoms. The fourth-order valence-corrected chi connectivity index (χ4v) is 2.08. The third-order valence-electron chi connectivity index (χ3n) is 3.78. The van der Waals surface area contributed by atoms with Crippen LogP contribution >= 0.6 is 0 Å².